The molecule has 0 saturated carbocycles. The topological polar surface area (TPSA) is 111 Å². The molecule has 0 saturated heterocycles. The highest BCUT2D eigenvalue weighted by Crippen LogP contribution is 2.26. The Labute approximate surface area is 237 Å². The zero-order valence-electron chi connectivity index (χ0n) is 23.3. The van der Waals surface area contributed by atoms with Gasteiger partial charge in [-0.1, -0.05) is 49.2 Å². The summed E-state index contributed by atoms with van der Waals surface area (Å²) in [5.41, 5.74) is 3.74. The highest BCUT2D eigenvalue weighted by atomic mass is 16.5. The van der Waals surface area contributed by atoms with E-state index >= 15 is 0 Å². The first-order chi connectivity index (χ1) is 19.5. The van der Waals surface area contributed by atoms with Gasteiger partial charge in [0.15, 0.2) is 0 Å². The van der Waals surface area contributed by atoms with E-state index in [1.165, 1.54) is 6.07 Å². The van der Waals surface area contributed by atoms with Crippen molar-refractivity contribution in [2.45, 2.75) is 51.9 Å². The molecule has 40 heavy (non-hydrogen) atoms. The van der Waals surface area contributed by atoms with Crippen molar-refractivity contribution in [3.8, 4) is 5.75 Å². The Morgan fingerprint density at radius 3 is 2.40 bits per heavy atom. The average molecular weight is 551 g/mol. The largest absolute Gasteiger partial charge is 0.508 e. The molecule has 0 radical (unpaired) electrons. The number of aliphatic hydroxyl groups is 2. The van der Waals surface area contributed by atoms with Crippen molar-refractivity contribution in [3.63, 3.8) is 0 Å². The molecule has 1 amide bonds. The molecule has 3 aromatic rings. The Morgan fingerprint density at radius 1 is 0.875 bits per heavy atom. The maximum absolute atomic E-state index is 12.3. The third-order valence-electron chi connectivity index (χ3n) is 6.53. The van der Waals surface area contributed by atoms with Crippen molar-refractivity contribution in [3.05, 3.63) is 89.5 Å². The number of hydrogen-bond acceptors (Lipinski definition) is 7. The zero-order chi connectivity index (χ0) is 28.6. The number of aromatic hydroxyl groups is 1. The Balaban J connectivity index is 1.21. The minimum atomic E-state index is -0.685. The molecule has 1 atom stereocenters. The van der Waals surface area contributed by atoms with Crippen molar-refractivity contribution in [2.75, 3.05) is 37.8 Å². The van der Waals surface area contributed by atoms with Gasteiger partial charge in [-0.2, -0.15) is 0 Å². The molecular formula is C32H42N2O6. The van der Waals surface area contributed by atoms with E-state index in [4.69, 9.17) is 9.47 Å². The standard InChI is InChI=1S/C32H42N2O6/c1-25(36)34(29-11-5-4-6-12-29)30-13-9-10-26(20-30)24-40-19-18-39-17-8-3-2-7-16-33-22-32(38)27-14-15-31(37)28(21-27)23-35/h4-6,9-15,20-21,32-33,35,37-38H,2-3,7-8,16-19,22-24H2,1H3. The molecule has 0 aromatic heterocycles. The molecule has 0 bridgehead atoms. The molecule has 0 aliphatic heterocycles. The minimum absolute atomic E-state index is 0.0339. The van der Waals surface area contributed by atoms with E-state index in [2.05, 4.69) is 5.32 Å². The fraction of sp³-hybridized carbons (Fsp3) is 0.406. The van der Waals surface area contributed by atoms with Crippen LogP contribution in [0.3, 0.4) is 0 Å². The van der Waals surface area contributed by atoms with Crippen LogP contribution < -0.4 is 10.2 Å². The van der Waals surface area contributed by atoms with E-state index in [0.717, 1.165) is 49.2 Å². The summed E-state index contributed by atoms with van der Waals surface area (Å²) in [6.45, 7) is 4.73. The maximum atomic E-state index is 12.3. The second kappa shape index (κ2) is 17.4. The van der Waals surface area contributed by atoms with Gasteiger partial charge in [-0.3, -0.25) is 9.69 Å². The smallest absolute Gasteiger partial charge is 0.228 e. The number of amides is 1. The van der Waals surface area contributed by atoms with Crippen LogP contribution in [0, 0.1) is 0 Å². The molecule has 3 rings (SSSR count). The first-order valence-electron chi connectivity index (χ1n) is 13.9. The summed E-state index contributed by atoms with van der Waals surface area (Å²) in [7, 11) is 0. The minimum Gasteiger partial charge on any atom is -0.508 e. The molecule has 0 aliphatic rings. The van der Waals surface area contributed by atoms with Crippen LogP contribution in [0.5, 0.6) is 5.75 Å². The number of unbranched alkanes of at least 4 members (excludes halogenated alkanes) is 3. The van der Waals surface area contributed by atoms with E-state index in [1.54, 1.807) is 24.0 Å². The number of ether oxygens (including phenoxy) is 2. The Kier molecular flexibility index (Phi) is 13.6. The fourth-order valence-electron chi connectivity index (χ4n) is 4.39. The number of para-hydroxylation sites is 1. The van der Waals surface area contributed by atoms with E-state index < -0.39 is 6.10 Å². The molecule has 3 aromatic carbocycles. The summed E-state index contributed by atoms with van der Waals surface area (Å²) in [6.07, 6.45) is 3.46. The van der Waals surface area contributed by atoms with Crippen LogP contribution in [-0.2, 0) is 27.5 Å². The van der Waals surface area contributed by atoms with Crippen molar-refractivity contribution >= 4 is 17.3 Å². The summed E-state index contributed by atoms with van der Waals surface area (Å²) in [5.74, 6) is -0.0112. The molecule has 4 N–H and O–H groups in total. The lowest BCUT2D eigenvalue weighted by Gasteiger charge is -2.22. The SMILES string of the molecule is CC(=O)N(c1ccccc1)c1cccc(COCCOCCCCCCNCC(O)c2ccc(O)c(CO)c2)c1. The molecule has 0 spiro atoms. The van der Waals surface area contributed by atoms with Gasteiger partial charge in [0.05, 0.1) is 32.5 Å². The van der Waals surface area contributed by atoms with Gasteiger partial charge in [-0.05, 0) is 66.9 Å². The van der Waals surface area contributed by atoms with Crippen LogP contribution in [-0.4, -0.2) is 54.1 Å². The van der Waals surface area contributed by atoms with Crippen LogP contribution in [0.15, 0.2) is 72.8 Å². The van der Waals surface area contributed by atoms with Crippen molar-refractivity contribution in [2.24, 2.45) is 0 Å². The van der Waals surface area contributed by atoms with Gasteiger partial charge in [0.2, 0.25) is 5.91 Å². The first-order valence-corrected chi connectivity index (χ1v) is 13.9. The number of hydrogen-bond donors (Lipinski definition) is 4. The highest BCUT2D eigenvalue weighted by Gasteiger charge is 2.14. The normalized spacial score (nSPS) is 11.9. The predicted molar refractivity (Wildman–Crippen MR) is 157 cm³/mol. The molecule has 8 nitrogen and oxygen atoms in total. The van der Waals surface area contributed by atoms with E-state index in [9.17, 15) is 20.1 Å². The second-order valence-corrected chi connectivity index (χ2v) is 9.71. The van der Waals surface area contributed by atoms with Crippen molar-refractivity contribution in [1.29, 1.82) is 0 Å². The summed E-state index contributed by atoms with van der Waals surface area (Å²) in [6, 6.07) is 22.2. The summed E-state index contributed by atoms with van der Waals surface area (Å²) >= 11 is 0. The van der Waals surface area contributed by atoms with Gasteiger partial charge in [-0.15, -0.1) is 0 Å². The van der Waals surface area contributed by atoms with Crippen LogP contribution in [0.25, 0.3) is 0 Å². The van der Waals surface area contributed by atoms with Crippen molar-refractivity contribution < 1.29 is 29.6 Å². The second-order valence-electron chi connectivity index (χ2n) is 9.71. The Bertz CT molecular complexity index is 1160. The molecule has 0 fully saturated rings. The third kappa shape index (κ3) is 10.4. The summed E-state index contributed by atoms with van der Waals surface area (Å²) in [5, 5.41) is 32.4. The van der Waals surface area contributed by atoms with Crippen LogP contribution in [0.1, 0.15) is 55.4 Å². The summed E-state index contributed by atoms with van der Waals surface area (Å²) < 4.78 is 11.5. The van der Waals surface area contributed by atoms with Gasteiger partial charge in [0, 0.05) is 37.0 Å². The molecule has 0 aliphatic carbocycles. The van der Waals surface area contributed by atoms with Gasteiger partial charge >= 0.3 is 0 Å². The average Bonchev–Trinajstić information content (AvgIpc) is 2.96. The summed E-state index contributed by atoms with van der Waals surface area (Å²) in [4.78, 5) is 14.0. The highest BCUT2D eigenvalue weighted by molar-refractivity contribution is 5.99. The lowest BCUT2D eigenvalue weighted by atomic mass is 10.1. The first kappa shape index (κ1) is 31.3. The fourth-order valence-corrected chi connectivity index (χ4v) is 4.39. The van der Waals surface area contributed by atoms with Gasteiger partial charge in [0.1, 0.15) is 5.75 Å². The van der Waals surface area contributed by atoms with E-state index in [0.29, 0.717) is 44.1 Å². The number of carbonyl (C=O) groups is 1. The van der Waals surface area contributed by atoms with Gasteiger partial charge in [-0.25, -0.2) is 0 Å². The van der Waals surface area contributed by atoms with Crippen LogP contribution in [0.2, 0.25) is 0 Å². The quantitative estimate of drug-likeness (QED) is 0.165. The number of benzene rings is 3. The lowest BCUT2D eigenvalue weighted by molar-refractivity contribution is -0.115. The van der Waals surface area contributed by atoms with Crippen molar-refractivity contribution in [1.82, 2.24) is 5.32 Å². The van der Waals surface area contributed by atoms with Crippen LogP contribution in [0.4, 0.5) is 11.4 Å². The number of rotatable bonds is 18. The number of carbonyl (C=O) groups excluding carboxylic acids is 1. The van der Waals surface area contributed by atoms with Gasteiger partial charge in [0.25, 0.3) is 0 Å². The van der Waals surface area contributed by atoms with E-state index in [-0.39, 0.29) is 18.3 Å². The molecule has 0 heterocycles. The maximum Gasteiger partial charge on any atom is 0.228 e. The number of nitrogens with zero attached hydrogens (tertiary/aromatic N) is 1. The number of anilines is 2. The van der Waals surface area contributed by atoms with Crippen LogP contribution >= 0.6 is 0 Å². The third-order valence-corrected chi connectivity index (χ3v) is 6.53. The van der Waals surface area contributed by atoms with Gasteiger partial charge < -0.3 is 30.1 Å². The molecule has 1 unspecified atom stereocenters. The number of phenols is 1. The van der Waals surface area contributed by atoms with E-state index in [1.807, 2.05) is 54.6 Å². The Hall–Kier alpha value is -3.27. The number of aliphatic hydroxyl groups excluding tert-OH is 2. The lowest BCUT2D eigenvalue weighted by Crippen LogP contribution is -2.22. The predicted octanol–water partition coefficient (Wildman–Crippen LogP) is 4.99. The Morgan fingerprint density at radius 2 is 1.62 bits per heavy atom. The monoisotopic (exact) mass is 550 g/mol. The molecule has 8 heteroatoms. The molecular weight excluding hydrogens is 508 g/mol. The molecule has 216 valence electrons. The number of nitrogens with one attached hydrogen (secondary N) is 1. The zero-order valence-corrected chi connectivity index (χ0v) is 23.3.